The fraction of sp³-hybridized carbons (Fsp3) is 0.118. The Hall–Kier alpha value is -2.36. The molecular formula is C17H12F3N. The Morgan fingerprint density at radius 3 is 2.29 bits per heavy atom. The van der Waals surface area contributed by atoms with Crippen molar-refractivity contribution in [2.24, 2.45) is 0 Å². The molecule has 0 aliphatic rings. The van der Waals surface area contributed by atoms with Gasteiger partial charge in [0.2, 0.25) is 0 Å². The molecule has 0 saturated heterocycles. The largest absolute Gasteiger partial charge is 0.418 e. The number of hydrogen-bond donors (Lipinski definition) is 0. The molecule has 3 aromatic rings. The van der Waals surface area contributed by atoms with Crippen molar-refractivity contribution in [2.75, 3.05) is 0 Å². The molecule has 0 unspecified atom stereocenters. The van der Waals surface area contributed by atoms with Crippen LogP contribution in [0.5, 0.6) is 0 Å². The van der Waals surface area contributed by atoms with Gasteiger partial charge in [-0.15, -0.1) is 0 Å². The first kappa shape index (κ1) is 13.6. The molecule has 0 N–H and O–H groups in total. The van der Waals surface area contributed by atoms with Crippen molar-refractivity contribution in [2.45, 2.75) is 13.1 Å². The Morgan fingerprint density at radius 2 is 1.62 bits per heavy atom. The van der Waals surface area contributed by atoms with E-state index in [0.29, 0.717) is 5.39 Å². The smallest absolute Gasteiger partial charge is 0.256 e. The summed E-state index contributed by atoms with van der Waals surface area (Å²) in [5.74, 6) is 0. The Labute approximate surface area is 120 Å². The molecule has 3 rings (SSSR count). The van der Waals surface area contributed by atoms with Crippen molar-refractivity contribution in [3.63, 3.8) is 0 Å². The van der Waals surface area contributed by atoms with Crippen LogP contribution in [0.15, 0.2) is 54.7 Å². The number of aromatic nitrogens is 1. The molecule has 0 spiro atoms. The summed E-state index contributed by atoms with van der Waals surface area (Å²) in [5, 5.41) is 0.510. The SMILES string of the molecule is Cc1ccc(-c2ccnc3c(C(F)(F)F)cccc23)cc1. The van der Waals surface area contributed by atoms with Gasteiger partial charge in [-0.2, -0.15) is 13.2 Å². The van der Waals surface area contributed by atoms with Crippen molar-refractivity contribution in [3.8, 4) is 11.1 Å². The maximum absolute atomic E-state index is 13.1. The summed E-state index contributed by atoms with van der Waals surface area (Å²) < 4.78 is 39.2. The fourth-order valence-corrected chi connectivity index (χ4v) is 2.39. The van der Waals surface area contributed by atoms with Crippen molar-refractivity contribution in [3.05, 3.63) is 65.9 Å². The van der Waals surface area contributed by atoms with E-state index in [1.807, 2.05) is 31.2 Å². The summed E-state index contributed by atoms with van der Waals surface area (Å²) in [6.07, 6.45) is -2.98. The van der Waals surface area contributed by atoms with Crippen molar-refractivity contribution in [1.29, 1.82) is 0 Å². The van der Waals surface area contributed by atoms with Crippen molar-refractivity contribution < 1.29 is 13.2 Å². The lowest BCUT2D eigenvalue weighted by Crippen LogP contribution is -2.06. The molecule has 0 aliphatic heterocycles. The third-order valence-electron chi connectivity index (χ3n) is 3.44. The van der Waals surface area contributed by atoms with Crippen LogP contribution in [0, 0.1) is 6.92 Å². The van der Waals surface area contributed by atoms with Gasteiger partial charge >= 0.3 is 6.18 Å². The zero-order valence-corrected chi connectivity index (χ0v) is 11.3. The number of fused-ring (bicyclic) bond motifs is 1. The summed E-state index contributed by atoms with van der Waals surface area (Å²) in [4.78, 5) is 3.93. The van der Waals surface area contributed by atoms with Crippen molar-refractivity contribution in [1.82, 2.24) is 4.98 Å². The van der Waals surface area contributed by atoms with Crippen LogP contribution >= 0.6 is 0 Å². The first-order valence-electron chi connectivity index (χ1n) is 6.49. The highest BCUT2D eigenvalue weighted by atomic mass is 19.4. The number of rotatable bonds is 1. The van der Waals surface area contributed by atoms with Crippen LogP contribution in [-0.4, -0.2) is 4.98 Å². The number of halogens is 3. The standard InChI is InChI=1S/C17H12F3N/c1-11-5-7-12(8-6-11)13-9-10-21-16-14(13)3-2-4-15(16)17(18,19)20/h2-10H,1H3. The fourth-order valence-electron chi connectivity index (χ4n) is 2.39. The molecule has 0 bridgehead atoms. The number of aryl methyl sites for hydroxylation is 1. The van der Waals surface area contributed by atoms with E-state index < -0.39 is 11.7 Å². The minimum atomic E-state index is -4.40. The molecule has 0 saturated carbocycles. The topological polar surface area (TPSA) is 12.9 Å². The second-order valence-electron chi connectivity index (χ2n) is 4.92. The molecule has 0 fully saturated rings. The van der Waals surface area contributed by atoms with Gasteiger partial charge in [0, 0.05) is 11.6 Å². The van der Waals surface area contributed by atoms with E-state index in [4.69, 9.17) is 0 Å². The third-order valence-corrected chi connectivity index (χ3v) is 3.44. The van der Waals surface area contributed by atoms with Gasteiger partial charge in [0.25, 0.3) is 0 Å². The zero-order valence-electron chi connectivity index (χ0n) is 11.3. The average Bonchev–Trinajstić information content (AvgIpc) is 2.46. The van der Waals surface area contributed by atoms with E-state index in [-0.39, 0.29) is 5.52 Å². The zero-order chi connectivity index (χ0) is 15.0. The molecular weight excluding hydrogens is 275 g/mol. The van der Waals surface area contributed by atoms with Gasteiger partial charge in [-0.1, -0.05) is 42.0 Å². The average molecular weight is 287 g/mol. The minimum Gasteiger partial charge on any atom is -0.256 e. The van der Waals surface area contributed by atoms with Gasteiger partial charge in [0.1, 0.15) is 0 Å². The molecule has 0 radical (unpaired) electrons. The van der Waals surface area contributed by atoms with Gasteiger partial charge in [0.05, 0.1) is 11.1 Å². The van der Waals surface area contributed by atoms with Crippen LogP contribution in [0.25, 0.3) is 22.0 Å². The monoisotopic (exact) mass is 287 g/mol. The molecule has 1 nitrogen and oxygen atoms in total. The number of para-hydroxylation sites is 1. The molecule has 1 aromatic heterocycles. The number of nitrogens with zero attached hydrogens (tertiary/aromatic N) is 1. The highest BCUT2D eigenvalue weighted by Crippen LogP contribution is 2.36. The van der Waals surface area contributed by atoms with E-state index in [1.54, 1.807) is 12.1 Å². The number of alkyl halides is 3. The van der Waals surface area contributed by atoms with Crippen LogP contribution in [0.3, 0.4) is 0 Å². The van der Waals surface area contributed by atoms with Crippen LogP contribution in [0.1, 0.15) is 11.1 Å². The van der Waals surface area contributed by atoms with Gasteiger partial charge in [0.15, 0.2) is 0 Å². The number of pyridine rings is 1. The summed E-state index contributed by atoms with van der Waals surface area (Å²) >= 11 is 0. The van der Waals surface area contributed by atoms with Gasteiger partial charge in [-0.25, -0.2) is 0 Å². The summed E-state index contributed by atoms with van der Waals surface area (Å²) in [5.41, 5.74) is 2.03. The molecule has 0 amide bonds. The molecule has 2 aromatic carbocycles. The molecule has 0 aliphatic carbocycles. The maximum atomic E-state index is 13.1. The van der Waals surface area contributed by atoms with Gasteiger partial charge < -0.3 is 0 Å². The van der Waals surface area contributed by atoms with E-state index in [0.717, 1.165) is 22.8 Å². The van der Waals surface area contributed by atoms with E-state index in [9.17, 15) is 13.2 Å². The second kappa shape index (κ2) is 4.88. The highest BCUT2D eigenvalue weighted by Gasteiger charge is 2.33. The highest BCUT2D eigenvalue weighted by molar-refractivity contribution is 5.96. The Balaban J connectivity index is 2.28. The molecule has 1 heterocycles. The normalized spacial score (nSPS) is 11.8. The quantitative estimate of drug-likeness (QED) is 0.597. The van der Waals surface area contributed by atoms with Crippen LogP contribution in [-0.2, 0) is 6.18 Å². The lowest BCUT2D eigenvalue weighted by molar-refractivity contribution is -0.136. The van der Waals surface area contributed by atoms with E-state index in [1.165, 1.54) is 12.3 Å². The van der Waals surface area contributed by atoms with E-state index in [2.05, 4.69) is 4.98 Å². The van der Waals surface area contributed by atoms with Crippen LogP contribution < -0.4 is 0 Å². The number of hydrogen-bond acceptors (Lipinski definition) is 1. The Kier molecular flexibility index (Phi) is 3.16. The van der Waals surface area contributed by atoms with Crippen LogP contribution in [0.4, 0.5) is 13.2 Å². The minimum absolute atomic E-state index is 0.0110. The Morgan fingerprint density at radius 1 is 0.905 bits per heavy atom. The maximum Gasteiger partial charge on any atom is 0.418 e. The lowest BCUT2D eigenvalue weighted by Gasteiger charge is -2.12. The number of benzene rings is 2. The van der Waals surface area contributed by atoms with E-state index >= 15 is 0 Å². The molecule has 106 valence electrons. The lowest BCUT2D eigenvalue weighted by atomic mass is 9.98. The third kappa shape index (κ3) is 2.49. The first-order valence-corrected chi connectivity index (χ1v) is 6.49. The molecule has 0 atom stereocenters. The predicted octanol–water partition coefficient (Wildman–Crippen LogP) is 5.23. The summed E-state index contributed by atoms with van der Waals surface area (Å²) in [6.45, 7) is 1.97. The molecule has 4 heteroatoms. The van der Waals surface area contributed by atoms with Gasteiger partial charge in [-0.05, 0) is 30.2 Å². The van der Waals surface area contributed by atoms with Gasteiger partial charge in [-0.3, -0.25) is 4.98 Å². The first-order chi connectivity index (χ1) is 9.97. The summed E-state index contributed by atoms with van der Waals surface area (Å²) in [6, 6.07) is 13.6. The Bertz CT molecular complexity index is 789. The van der Waals surface area contributed by atoms with Crippen molar-refractivity contribution >= 4 is 10.9 Å². The second-order valence-corrected chi connectivity index (χ2v) is 4.92. The molecule has 21 heavy (non-hydrogen) atoms. The summed E-state index contributed by atoms with van der Waals surface area (Å²) in [7, 11) is 0. The predicted molar refractivity (Wildman–Crippen MR) is 76.9 cm³/mol. The van der Waals surface area contributed by atoms with Crippen LogP contribution in [0.2, 0.25) is 0 Å².